The van der Waals surface area contributed by atoms with E-state index < -0.39 is 90.9 Å². The van der Waals surface area contributed by atoms with Gasteiger partial charge in [-0.15, -0.1) is 0 Å². The van der Waals surface area contributed by atoms with Gasteiger partial charge in [0, 0.05) is 42.4 Å². The van der Waals surface area contributed by atoms with Crippen LogP contribution in [-0.2, 0) is 44.6 Å². The van der Waals surface area contributed by atoms with Gasteiger partial charge in [-0.25, -0.2) is 4.79 Å². The van der Waals surface area contributed by atoms with Gasteiger partial charge in [-0.1, -0.05) is 36.4 Å². The van der Waals surface area contributed by atoms with E-state index in [4.69, 9.17) is 28.4 Å². The van der Waals surface area contributed by atoms with Gasteiger partial charge in [0.25, 0.3) is 5.91 Å². The lowest BCUT2D eigenvalue weighted by Gasteiger charge is -2.39. The van der Waals surface area contributed by atoms with Crippen molar-refractivity contribution in [3.8, 4) is 0 Å². The van der Waals surface area contributed by atoms with E-state index in [0.29, 0.717) is 16.7 Å². The van der Waals surface area contributed by atoms with Crippen LogP contribution >= 0.6 is 0 Å². The number of hydrogen-bond donors (Lipinski definition) is 7. The summed E-state index contributed by atoms with van der Waals surface area (Å²) in [6.45, 7) is 4.42. The zero-order valence-corrected chi connectivity index (χ0v) is 36.3. The van der Waals surface area contributed by atoms with Crippen molar-refractivity contribution >= 4 is 29.8 Å². The fourth-order valence-corrected chi connectivity index (χ4v) is 8.33. The first kappa shape index (κ1) is 47.4. The van der Waals surface area contributed by atoms with Crippen molar-refractivity contribution in [2.45, 2.75) is 139 Å². The number of hydrogen-bond acceptors (Lipinski definition) is 15. The molecule has 17 heteroatoms. The Labute approximate surface area is 371 Å². The van der Waals surface area contributed by atoms with Crippen LogP contribution in [0.5, 0.6) is 0 Å². The summed E-state index contributed by atoms with van der Waals surface area (Å²) in [5.41, 5.74) is 1.69. The zero-order chi connectivity index (χ0) is 45.8. The molecule has 17 nitrogen and oxygen atoms in total. The quantitative estimate of drug-likeness (QED) is 0.106. The number of rotatable bonds is 18. The van der Waals surface area contributed by atoms with E-state index in [-0.39, 0.29) is 62.3 Å². The number of ether oxygens (including phenoxy) is 6. The Morgan fingerprint density at radius 3 is 2.28 bits per heavy atom. The molecule has 4 fully saturated rings. The molecule has 2 heterocycles. The predicted molar refractivity (Wildman–Crippen MR) is 227 cm³/mol. The van der Waals surface area contributed by atoms with Gasteiger partial charge in [-0.05, 0) is 94.3 Å². The normalized spacial score (nSPS) is 28.2. The van der Waals surface area contributed by atoms with Gasteiger partial charge in [0.05, 0.1) is 31.4 Å². The first-order valence-electron chi connectivity index (χ1n) is 22.0. The highest BCUT2D eigenvalue weighted by molar-refractivity contribution is 5.95. The molecule has 64 heavy (non-hydrogen) atoms. The number of fused-ring (bicyclic) bond motifs is 1. The van der Waals surface area contributed by atoms with Gasteiger partial charge in [0.1, 0.15) is 48.3 Å². The third-order valence-electron chi connectivity index (χ3n) is 11.9. The van der Waals surface area contributed by atoms with E-state index in [1.807, 2.05) is 0 Å². The number of aliphatic hydroxyl groups is 5. The molecule has 2 aliphatic heterocycles. The maximum Gasteiger partial charge on any atom is 0.338 e. The summed E-state index contributed by atoms with van der Waals surface area (Å²) in [4.78, 5) is 52.8. The standard InChI is InChI=1S/C47H60N2O15/c1-46(2,3)63-37(52)18-17-33(24-50)49-43(57)29-8-4-6-27(20-29)23-48-42(56)30-21-34(41-35(22-30)62-47(64-41,31-13-14-31)32-15-16-32)60-44(58)28-11-9-26(10-12-28)7-5-19-59-45-40(55)39(54)38(53)36(25-51)61-45/h4-12,20,22,31-36,38-41,45,50-51,53-55H,13-19,21,23-25H2,1-3H3,(H,48,56)(H,49,57). The molecule has 7 rings (SSSR count). The summed E-state index contributed by atoms with van der Waals surface area (Å²) in [6.07, 6.45) is 0.369. The van der Waals surface area contributed by atoms with E-state index in [1.165, 1.54) is 0 Å². The van der Waals surface area contributed by atoms with Gasteiger partial charge >= 0.3 is 11.9 Å². The zero-order valence-electron chi connectivity index (χ0n) is 36.3. The molecule has 9 unspecified atom stereocenters. The van der Waals surface area contributed by atoms with E-state index in [2.05, 4.69) is 10.6 Å². The van der Waals surface area contributed by atoms with Crippen molar-refractivity contribution in [3.63, 3.8) is 0 Å². The number of carbonyl (C=O) groups is 4. The van der Waals surface area contributed by atoms with Crippen LogP contribution in [0.4, 0.5) is 0 Å². The topological polar surface area (TPSA) is 249 Å². The monoisotopic (exact) mass is 892 g/mol. The maximum absolute atomic E-state index is 13.8. The second-order valence-electron chi connectivity index (χ2n) is 18.2. The van der Waals surface area contributed by atoms with Crippen molar-refractivity contribution in [1.82, 2.24) is 10.6 Å². The Bertz CT molecular complexity index is 2030. The average molecular weight is 893 g/mol. The minimum absolute atomic E-state index is 0.0243. The largest absolute Gasteiger partial charge is 0.460 e. The molecule has 0 spiro atoms. The number of nitrogens with one attached hydrogen (secondary N) is 2. The minimum Gasteiger partial charge on any atom is -0.460 e. The molecule has 2 amide bonds. The Morgan fingerprint density at radius 2 is 1.62 bits per heavy atom. The summed E-state index contributed by atoms with van der Waals surface area (Å²) in [5, 5.41) is 55.1. The molecule has 0 radical (unpaired) electrons. The van der Waals surface area contributed by atoms with Crippen LogP contribution in [0.25, 0.3) is 6.08 Å². The van der Waals surface area contributed by atoms with Crippen LogP contribution in [-0.4, -0.2) is 136 Å². The molecule has 3 aliphatic carbocycles. The lowest BCUT2D eigenvalue weighted by molar-refractivity contribution is -0.298. The first-order chi connectivity index (χ1) is 30.6. The Morgan fingerprint density at radius 1 is 0.906 bits per heavy atom. The van der Waals surface area contributed by atoms with E-state index in [0.717, 1.165) is 31.2 Å². The van der Waals surface area contributed by atoms with Crippen molar-refractivity contribution < 1.29 is 73.1 Å². The van der Waals surface area contributed by atoms with E-state index in [1.54, 1.807) is 87.5 Å². The van der Waals surface area contributed by atoms with Crippen LogP contribution in [0.1, 0.15) is 97.6 Å². The molecule has 7 N–H and O–H groups in total. The summed E-state index contributed by atoms with van der Waals surface area (Å²) < 4.78 is 35.8. The average Bonchev–Trinajstić information content (AvgIpc) is 4.23. The minimum atomic E-state index is -1.55. The summed E-state index contributed by atoms with van der Waals surface area (Å²) >= 11 is 0. The van der Waals surface area contributed by atoms with Crippen LogP contribution in [0.15, 0.2) is 66.3 Å². The second kappa shape index (κ2) is 20.3. The van der Waals surface area contributed by atoms with Crippen molar-refractivity contribution in [2.75, 3.05) is 19.8 Å². The summed E-state index contributed by atoms with van der Waals surface area (Å²) in [7, 11) is 0. The Balaban J connectivity index is 0.957. The second-order valence-corrected chi connectivity index (χ2v) is 18.2. The number of carbonyl (C=O) groups excluding carboxylic acids is 4. The first-order valence-corrected chi connectivity index (χ1v) is 22.0. The molecule has 5 aliphatic rings. The summed E-state index contributed by atoms with van der Waals surface area (Å²) in [6, 6.07) is 12.7. The fourth-order valence-electron chi connectivity index (χ4n) is 8.33. The SMILES string of the molecule is CC(C)(C)OC(=O)CCC(CO)NC(=O)c1cccc(CNC(=O)C2=CC3OC(C4CC4)(C4CC4)OC3C(OC(=O)c3ccc(C=CCOC4OC(CO)C(O)C(O)C4O)cc3)C2)c1. The highest BCUT2D eigenvalue weighted by atomic mass is 16.8. The van der Waals surface area contributed by atoms with Gasteiger partial charge in [-0.2, -0.15) is 0 Å². The van der Waals surface area contributed by atoms with E-state index >= 15 is 0 Å². The van der Waals surface area contributed by atoms with Crippen molar-refractivity contribution in [1.29, 1.82) is 0 Å². The third-order valence-corrected chi connectivity index (χ3v) is 11.9. The van der Waals surface area contributed by atoms with E-state index in [9.17, 15) is 44.7 Å². The molecule has 2 saturated heterocycles. The fraction of sp³-hybridized carbons (Fsp3) is 0.574. The van der Waals surface area contributed by atoms with Crippen LogP contribution < -0.4 is 10.6 Å². The predicted octanol–water partition coefficient (Wildman–Crippen LogP) is 2.20. The molecule has 2 aromatic carbocycles. The number of aliphatic hydroxyl groups excluding tert-OH is 5. The lowest BCUT2D eigenvalue weighted by Crippen LogP contribution is -2.59. The van der Waals surface area contributed by atoms with Gasteiger partial charge in [-0.3, -0.25) is 14.4 Å². The maximum atomic E-state index is 13.8. The van der Waals surface area contributed by atoms with Gasteiger partial charge < -0.3 is 64.6 Å². The number of esters is 2. The van der Waals surface area contributed by atoms with Gasteiger partial charge in [0.15, 0.2) is 12.1 Å². The smallest absolute Gasteiger partial charge is 0.338 e. The lowest BCUT2D eigenvalue weighted by atomic mass is 9.91. The molecule has 2 saturated carbocycles. The Hall–Kier alpha value is -4.56. The molecule has 9 atom stereocenters. The molecule has 0 bridgehead atoms. The molecule has 348 valence electrons. The number of benzene rings is 2. The summed E-state index contributed by atoms with van der Waals surface area (Å²) in [5.74, 6) is -2.17. The number of amides is 2. The molecular formula is C47H60N2O15. The molecule has 2 aromatic rings. The van der Waals surface area contributed by atoms with Crippen LogP contribution in [0.3, 0.4) is 0 Å². The highest BCUT2D eigenvalue weighted by Crippen LogP contribution is 2.59. The van der Waals surface area contributed by atoms with Crippen molar-refractivity contribution in [3.05, 3.63) is 88.5 Å². The third kappa shape index (κ3) is 11.6. The molecule has 0 aromatic heterocycles. The Kier molecular flexibility index (Phi) is 15.0. The van der Waals surface area contributed by atoms with Crippen LogP contribution in [0.2, 0.25) is 0 Å². The van der Waals surface area contributed by atoms with Crippen LogP contribution in [0, 0.1) is 11.8 Å². The highest BCUT2D eigenvalue weighted by Gasteiger charge is 2.64. The van der Waals surface area contributed by atoms with Gasteiger partial charge in [0.2, 0.25) is 5.91 Å². The van der Waals surface area contributed by atoms with Crippen molar-refractivity contribution in [2.24, 2.45) is 11.8 Å². The molecular weight excluding hydrogens is 833 g/mol.